The van der Waals surface area contributed by atoms with Gasteiger partial charge in [0, 0.05) is 37.6 Å². The molecule has 1 aliphatic heterocycles. The first kappa shape index (κ1) is 11.9. The van der Waals surface area contributed by atoms with Gasteiger partial charge in [-0.1, -0.05) is 20.8 Å². The van der Waals surface area contributed by atoms with Crippen molar-refractivity contribution in [2.45, 2.75) is 46.1 Å². The first-order valence-electron chi connectivity index (χ1n) is 6.52. The summed E-state index contributed by atoms with van der Waals surface area (Å²) in [4.78, 5) is 16.8. The predicted octanol–water partition coefficient (Wildman–Crippen LogP) is 1.73. The molecule has 0 spiro atoms. The van der Waals surface area contributed by atoms with Gasteiger partial charge in [-0.2, -0.15) is 0 Å². The van der Waals surface area contributed by atoms with Crippen LogP contribution in [0.25, 0.3) is 0 Å². The summed E-state index contributed by atoms with van der Waals surface area (Å²) in [5.74, 6) is 0.310. The summed E-state index contributed by atoms with van der Waals surface area (Å²) in [5, 5.41) is 0. The molecule has 1 aliphatic carbocycles. The molecule has 3 nitrogen and oxygen atoms in total. The smallest absolute Gasteiger partial charge is 0.227 e. The molecule has 0 aromatic heterocycles. The van der Waals surface area contributed by atoms with Crippen LogP contribution < -0.4 is 0 Å². The van der Waals surface area contributed by atoms with Gasteiger partial charge in [0.1, 0.15) is 0 Å². The van der Waals surface area contributed by atoms with Gasteiger partial charge in [0.05, 0.1) is 0 Å². The van der Waals surface area contributed by atoms with Crippen LogP contribution in [0.15, 0.2) is 0 Å². The number of hydrogen-bond donors (Lipinski definition) is 0. The quantitative estimate of drug-likeness (QED) is 0.677. The van der Waals surface area contributed by atoms with Crippen LogP contribution in [-0.2, 0) is 4.79 Å². The topological polar surface area (TPSA) is 23.6 Å². The van der Waals surface area contributed by atoms with E-state index >= 15 is 0 Å². The first-order chi connectivity index (χ1) is 7.48. The maximum absolute atomic E-state index is 12.2. The van der Waals surface area contributed by atoms with Gasteiger partial charge in [-0.05, 0) is 19.3 Å². The Morgan fingerprint density at radius 2 is 1.75 bits per heavy atom. The van der Waals surface area contributed by atoms with E-state index < -0.39 is 0 Å². The largest absolute Gasteiger partial charge is 0.341 e. The number of carbonyl (C=O) groups is 1. The molecule has 1 amide bonds. The lowest BCUT2D eigenvalue weighted by molar-refractivity contribution is -0.139. The Morgan fingerprint density at radius 1 is 1.06 bits per heavy atom. The molecule has 1 heterocycles. The molecule has 2 rings (SSSR count). The summed E-state index contributed by atoms with van der Waals surface area (Å²) in [6, 6.07) is 0.838. The molecule has 0 atom stereocenters. The van der Waals surface area contributed by atoms with Crippen LogP contribution in [0, 0.1) is 5.41 Å². The third kappa shape index (κ3) is 2.76. The van der Waals surface area contributed by atoms with Crippen LogP contribution in [0.2, 0.25) is 0 Å². The van der Waals surface area contributed by atoms with Crippen molar-refractivity contribution in [1.82, 2.24) is 9.80 Å². The van der Waals surface area contributed by atoms with Crippen molar-refractivity contribution in [3.63, 3.8) is 0 Å². The van der Waals surface area contributed by atoms with Crippen LogP contribution in [0.5, 0.6) is 0 Å². The number of hydrogen-bond acceptors (Lipinski definition) is 2. The summed E-state index contributed by atoms with van der Waals surface area (Å²) in [6.07, 6.45) is 3.87. The summed E-state index contributed by atoms with van der Waals surface area (Å²) in [5.41, 5.74) is -0.227. The van der Waals surface area contributed by atoms with Gasteiger partial charge in [-0.3, -0.25) is 9.69 Å². The molecule has 1 saturated heterocycles. The first-order valence-corrected chi connectivity index (χ1v) is 6.52. The summed E-state index contributed by atoms with van der Waals surface area (Å²) in [6.45, 7) is 10.2. The zero-order valence-electron chi connectivity index (χ0n) is 10.8. The van der Waals surface area contributed by atoms with Crippen molar-refractivity contribution >= 4 is 5.91 Å². The maximum atomic E-state index is 12.2. The second kappa shape index (κ2) is 4.36. The van der Waals surface area contributed by atoms with Crippen LogP contribution in [-0.4, -0.2) is 47.9 Å². The van der Waals surface area contributed by atoms with Crippen LogP contribution in [0.4, 0.5) is 0 Å². The molecule has 0 unspecified atom stereocenters. The Kier molecular flexibility index (Phi) is 3.24. The minimum absolute atomic E-state index is 0.227. The molecule has 2 fully saturated rings. The van der Waals surface area contributed by atoms with Crippen LogP contribution >= 0.6 is 0 Å². The van der Waals surface area contributed by atoms with Crippen molar-refractivity contribution in [2.24, 2.45) is 5.41 Å². The third-order valence-electron chi connectivity index (χ3n) is 3.52. The standard InChI is InChI=1S/C13H24N2O/c1-13(2,3)12(16)15-8-4-7-14(9-10-15)11-5-6-11/h11H,4-10H2,1-3H3. The van der Waals surface area contributed by atoms with Gasteiger partial charge >= 0.3 is 0 Å². The Balaban J connectivity index is 1.90. The van der Waals surface area contributed by atoms with E-state index in [4.69, 9.17) is 0 Å². The molecule has 0 radical (unpaired) electrons. The van der Waals surface area contributed by atoms with E-state index in [2.05, 4.69) is 9.80 Å². The lowest BCUT2D eigenvalue weighted by Gasteiger charge is -2.28. The van der Waals surface area contributed by atoms with E-state index in [0.29, 0.717) is 5.91 Å². The lowest BCUT2D eigenvalue weighted by atomic mass is 9.94. The fourth-order valence-corrected chi connectivity index (χ4v) is 2.42. The van der Waals surface area contributed by atoms with Crippen molar-refractivity contribution in [1.29, 1.82) is 0 Å². The third-order valence-corrected chi connectivity index (χ3v) is 3.52. The molecular formula is C13H24N2O. The average molecular weight is 224 g/mol. The fourth-order valence-electron chi connectivity index (χ4n) is 2.42. The summed E-state index contributed by atoms with van der Waals surface area (Å²) >= 11 is 0. The zero-order valence-corrected chi connectivity index (χ0v) is 10.8. The number of nitrogens with zero attached hydrogens (tertiary/aromatic N) is 2. The molecule has 0 bridgehead atoms. The summed E-state index contributed by atoms with van der Waals surface area (Å²) in [7, 11) is 0. The van der Waals surface area contributed by atoms with Gasteiger partial charge in [0.15, 0.2) is 0 Å². The number of rotatable bonds is 1. The second-order valence-corrected chi connectivity index (χ2v) is 6.16. The maximum Gasteiger partial charge on any atom is 0.227 e. The molecular weight excluding hydrogens is 200 g/mol. The molecule has 0 aromatic rings. The van der Waals surface area contributed by atoms with E-state index in [0.717, 1.165) is 32.1 Å². The highest BCUT2D eigenvalue weighted by atomic mass is 16.2. The van der Waals surface area contributed by atoms with E-state index in [9.17, 15) is 4.79 Å². The van der Waals surface area contributed by atoms with E-state index in [1.54, 1.807) is 0 Å². The Hall–Kier alpha value is -0.570. The van der Waals surface area contributed by atoms with Crippen molar-refractivity contribution in [3.8, 4) is 0 Å². The van der Waals surface area contributed by atoms with Crippen molar-refractivity contribution in [2.75, 3.05) is 26.2 Å². The van der Waals surface area contributed by atoms with Gasteiger partial charge in [0.2, 0.25) is 5.91 Å². The molecule has 16 heavy (non-hydrogen) atoms. The average Bonchev–Trinajstić information content (AvgIpc) is 3.01. The van der Waals surface area contributed by atoms with Gasteiger partial charge in [-0.15, -0.1) is 0 Å². The van der Waals surface area contributed by atoms with E-state index in [1.807, 2.05) is 20.8 Å². The molecule has 92 valence electrons. The van der Waals surface area contributed by atoms with Gasteiger partial charge in [0.25, 0.3) is 0 Å². The Labute approximate surface area is 98.8 Å². The highest BCUT2D eigenvalue weighted by molar-refractivity contribution is 5.81. The highest BCUT2D eigenvalue weighted by Gasteiger charge is 2.33. The van der Waals surface area contributed by atoms with Crippen LogP contribution in [0.3, 0.4) is 0 Å². The number of amides is 1. The van der Waals surface area contributed by atoms with Crippen LogP contribution in [0.1, 0.15) is 40.0 Å². The molecule has 2 aliphatic rings. The molecule has 0 aromatic carbocycles. The molecule has 1 saturated carbocycles. The van der Waals surface area contributed by atoms with Crippen molar-refractivity contribution in [3.05, 3.63) is 0 Å². The van der Waals surface area contributed by atoms with E-state index in [1.165, 1.54) is 19.4 Å². The zero-order chi connectivity index (χ0) is 11.8. The second-order valence-electron chi connectivity index (χ2n) is 6.16. The Bertz CT molecular complexity index is 266. The van der Waals surface area contributed by atoms with Gasteiger partial charge in [-0.25, -0.2) is 0 Å². The molecule has 3 heteroatoms. The predicted molar refractivity (Wildman–Crippen MR) is 65.2 cm³/mol. The van der Waals surface area contributed by atoms with E-state index in [-0.39, 0.29) is 5.41 Å². The Morgan fingerprint density at radius 3 is 2.31 bits per heavy atom. The van der Waals surface area contributed by atoms with Gasteiger partial charge < -0.3 is 4.90 Å². The lowest BCUT2D eigenvalue weighted by Crippen LogP contribution is -2.41. The fraction of sp³-hybridized carbons (Fsp3) is 0.923. The minimum atomic E-state index is -0.227. The summed E-state index contributed by atoms with van der Waals surface area (Å²) < 4.78 is 0. The minimum Gasteiger partial charge on any atom is -0.341 e. The molecule has 0 N–H and O–H groups in total. The SMILES string of the molecule is CC(C)(C)C(=O)N1CCCN(C2CC2)CC1. The highest BCUT2D eigenvalue weighted by Crippen LogP contribution is 2.28. The number of carbonyl (C=O) groups excluding carboxylic acids is 1. The van der Waals surface area contributed by atoms with Crippen molar-refractivity contribution < 1.29 is 4.79 Å². The monoisotopic (exact) mass is 224 g/mol. The normalized spacial score (nSPS) is 24.3.